The number of amides is 1. The highest BCUT2D eigenvalue weighted by Crippen LogP contribution is 2.10. The SMILES string of the molecule is Cc1ccc2nc(C)n(NC(=O)CC#N)c(=O)c2c1. The van der Waals surface area contributed by atoms with Gasteiger partial charge >= 0.3 is 0 Å². The Bertz CT molecular complexity index is 756. The summed E-state index contributed by atoms with van der Waals surface area (Å²) in [7, 11) is 0. The van der Waals surface area contributed by atoms with Crippen molar-refractivity contribution in [1.82, 2.24) is 9.66 Å². The standard InChI is InChI=1S/C13H12N4O2/c1-8-3-4-11-10(7-8)13(19)17(9(2)15-11)16-12(18)5-6-14/h3-4,7H,5H2,1-2H3,(H,16,18). The number of rotatable bonds is 2. The third-order valence-electron chi connectivity index (χ3n) is 2.67. The van der Waals surface area contributed by atoms with Crippen LogP contribution in [0.2, 0.25) is 0 Å². The predicted molar refractivity (Wildman–Crippen MR) is 70.1 cm³/mol. The minimum Gasteiger partial charge on any atom is -0.272 e. The van der Waals surface area contributed by atoms with Gasteiger partial charge in [-0.1, -0.05) is 11.6 Å². The Hall–Kier alpha value is -2.68. The van der Waals surface area contributed by atoms with Crippen LogP contribution in [0.4, 0.5) is 0 Å². The summed E-state index contributed by atoms with van der Waals surface area (Å²) in [6.07, 6.45) is -0.308. The van der Waals surface area contributed by atoms with Gasteiger partial charge in [-0.3, -0.25) is 15.0 Å². The minimum atomic E-state index is -0.540. The van der Waals surface area contributed by atoms with Crippen molar-refractivity contribution >= 4 is 16.8 Å². The lowest BCUT2D eigenvalue weighted by molar-refractivity contribution is -0.116. The summed E-state index contributed by atoms with van der Waals surface area (Å²) < 4.78 is 1.07. The van der Waals surface area contributed by atoms with Gasteiger partial charge in [-0.2, -0.15) is 5.26 Å². The quantitative estimate of drug-likeness (QED) is 0.868. The first-order chi connectivity index (χ1) is 9.02. The molecular formula is C13H12N4O2. The van der Waals surface area contributed by atoms with Crippen LogP contribution in [0, 0.1) is 25.2 Å². The van der Waals surface area contributed by atoms with Crippen molar-refractivity contribution in [2.75, 3.05) is 5.43 Å². The fourth-order valence-electron chi connectivity index (χ4n) is 1.78. The van der Waals surface area contributed by atoms with Crippen molar-refractivity contribution in [2.45, 2.75) is 20.3 Å². The van der Waals surface area contributed by atoms with Crippen LogP contribution in [-0.2, 0) is 4.79 Å². The monoisotopic (exact) mass is 256 g/mol. The lowest BCUT2D eigenvalue weighted by Gasteiger charge is -2.11. The third kappa shape index (κ3) is 2.45. The molecule has 6 nitrogen and oxygen atoms in total. The number of fused-ring (bicyclic) bond motifs is 1. The molecule has 1 amide bonds. The number of hydrogen-bond donors (Lipinski definition) is 1. The van der Waals surface area contributed by atoms with Gasteiger partial charge in [-0.15, -0.1) is 0 Å². The van der Waals surface area contributed by atoms with Gasteiger partial charge in [0.2, 0.25) is 0 Å². The van der Waals surface area contributed by atoms with E-state index in [9.17, 15) is 9.59 Å². The molecule has 0 spiro atoms. The normalized spacial score (nSPS) is 10.2. The second kappa shape index (κ2) is 4.90. The van der Waals surface area contributed by atoms with Crippen LogP contribution in [-0.4, -0.2) is 15.6 Å². The first-order valence-electron chi connectivity index (χ1n) is 5.70. The molecule has 1 aromatic heterocycles. The van der Waals surface area contributed by atoms with Crippen molar-refractivity contribution in [3.05, 3.63) is 39.9 Å². The van der Waals surface area contributed by atoms with Gasteiger partial charge < -0.3 is 0 Å². The predicted octanol–water partition coefficient (Wildman–Crippen LogP) is 0.997. The lowest BCUT2D eigenvalue weighted by atomic mass is 10.2. The Morgan fingerprint density at radius 1 is 1.47 bits per heavy atom. The van der Waals surface area contributed by atoms with Gasteiger partial charge in [0, 0.05) is 0 Å². The maximum atomic E-state index is 12.3. The van der Waals surface area contributed by atoms with Crippen LogP contribution in [0.1, 0.15) is 17.8 Å². The fourth-order valence-corrected chi connectivity index (χ4v) is 1.78. The van der Waals surface area contributed by atoms with E-state index in [0.29, 0.717) is 16.7 Å². The van der Waals surface area contributed by atoms with Crippen LogP contribution in [0.5, 0.6) is 0 Å². The molecule has 0 atom stereocenters. The second-order valence-electron chi connectivity index (χ2n) is 4.19. The Labute approximate surface area is 109 Å². The summed E-state index contributed by atoms with van der Waals surface area (Å²) in [4.78, 5) is 27.9. The van der Waals surface area contributed by atoms with Crippen molar-refractivity contribution in [1.29, 1.82) is 5.26 Å². The van der Waals surface area contributed by atoms with E-state index in [1.807, 2.05) is 13.0 Å². The van der Waals surface area contributed by atoms with Crippen LogP contribution in [0.25, 0.3) is 10.9 Å². The molecule has 2 aromatic rings. The fraction of sp³-hybridized carbons (Fsp3) is 0.231. The van der Waals surface area contributed by atoms with Crippen LogP contribution in [0.15, 0.2) is 23.0 Å². The van der Waals surface area contributed by atoms with Gasteiger partial charge in [-0.05, 0) is 26.0 Å². The summed E-state index contributed by atoms with van der Waals surface area (Å²) in [6, 6.07) is 7.08. The van der Waals surface area contributed by atoms with E-state index < -0.39 is 5.91 Å². The minimum absolute atomic E-state index is 0.308. The molecule has 19 heavy (non-hydrogen) atoms. The number of carbonyl (C=O) groups is 1. The summed E-state index contributed by atoms with van der Waals surface area (Å²) in [5.41, 5.74) is 3.54. The van der Waals surface area contributed by atoms with Crippen molar-refractivity contribution < 1.29 is 4.79 Å². The average molecular weight is 256 g/mol. The third-order valence-corrected chi connectivity index (χ3v) is 2.67. The first-order valence-corrected chi connectivity index (χ1v) is 5.70. The van der Waals surface area contributed by atoms with Gasteiger partial charge in [0.05, 0.1) is 17.0 Å². The van der Waals surface area contributed by atoms with E-state index >= 15 is 0 Å². The summed E-state index contributed by atoms with van der Waals surface area (Å²) in [5, 5.41) is 8.88. The maximum absolute atomic E-state index is 12.3. The lowest BCUT2D eigenvalue weighted by Crippen LogP contribution is -2.35. The van der Waals surface area contributed by atoms with Crippen LogP contribution in [0.3, 0.4) is 0 Å². The Kier molecular flexibility index (Phi) is 3.29. The highest BCUT2D eigenvalue weighted by molar-refractivity contribution is 5.86. The second-order valence-corrected chi connectivity index (χ2v) is 4.19. The number of nitriles is 1. The number of aromatic nitrogens is 2. The zero-order chi connectivity index (χ0) is 14.0. The molecule has 0 radical (unpaired) electrons. The molecule has 0 saturated carbocycles. The van der Waals surface area contributed by atoms with E-state index in [2.05, 4.69) is 10.4 Å². The average Bonchev–Trinajstić information content (AvgIpc) is 2.36. The molecule has 0 aliphatic heterocycles. The Morgan fingerprint density at radius 3 is 2.89 bits per heavy atom. The molecule has 0 unspecified atom stereocenters. The number of hydrogen-bond acceptors (Lipinski definition) is 4. The van der Waals surface area contributed by atoms with Gasteiger partial charge in [0.15, 0.2) is 0 Å². The molecule has 0 saturated heterocycles. The molecule has 0 fully saturated rings. The molecule has 1 aromatic carbocycles. The van der Waals surface area contributed by atoms with E-state index in [4.69, 9.17) is 5.26 Å². The molecule has 96 valence electrons. The number of carbonyl (C=O) groups excluding carboxylic acids is 1. The van der Waals surface area contributed by atoms with E-state index in [-0.39, 0.29) is 12.0 Å². The molecule has 2 rings (SSSR count). The topological polar surface area (TPSA) is 87.8 Å². The zero-order valence-corrected chi connectivity index (χ0v) is 10.6. The highest BCUT2D eigenvalue weighted by atomic mass is 16.2. The molecule has 0 aliphatic carbocycles. The van der Waals surface area contributed by atoms with Crippen molar-refractivity contribution in [3.8, 4) is 6.07 Å². The Morgan fingerprint density at radius 2 is 2.21 bits per heavy atom. The largest absolute Gasteiger partial charge is 0.280 e. The van der Waals surface area contributed by atoms with Crippen LogP contribution >= 0.6 is 0 Å². The summed E-state index contributed by atoms with van der Waals surface area (Å²) in [5.74, 6) is -0.172. The smallest absolute Gasteiger partial charge is 0.272 e. The number of nitrogens with zero attached hydrogens (tertiary/aromatic N) is 3. The molecule has 0 bridgehead atoms. The van der Waals surface area contributed by atoms with E-state index in [1.54, 1.807) is 25.1 Å². The van der Waals surface area contributed by atoms with Gasteiger partial charge in [-0.25, -0.2) is 9.66 Å². The number of aryl methyl sites for hydroxylation is 2. The highest BCUT2D eigenvalue weighted by Gasteiger charge is 2.10. The molecule has 0 aliphatic rings. The van der Waals surface area contributed by atoms with Gasteiger partial charge in [0.25, 0.3) is 11.5 Å². The summed E-state index contributed by atoms with van der Waals surface area (Å²) in [6.45, 7) is 3.49. The first kappa shape index (κ1) is 12.8. The zero-order valence-electron chi connectivity index (χ0n) is 10.6. The molecule has 6 heteroatoms. The maximum Gasteiger partial charge on any atom is 0.280 e. The number of benzene rings is 1. The molecule has 1 N–H and O–H groups in total. The summed E-state index contributed by atoms with van der Waals surface area (Å²) >= 11 is 0. The van der Waals surface area contributed by atoms with E-state index in [1.165, 1.54) is 0 Å². The van der Waals surface area contributed by atoms with Crippen molar-refractivity contribution in [2.24, 2.45) is 0 Å². The van der Waals surface area contributed by atoms with Crippen LogP contribution < -0.4 is 11.0 Å². The van der Waals surface area contributed by atoms with Crippen molar-refractivity contribution in [3.63, 3.8) is 0 Å². The van der Waals surface area contributed by atoms with E-state index in [0.717, 1.165) is 10.2 Å². The molecule has 1 heterocycles. The Balaban J connectivity index is 2.59. The molecular weight excluding hydrogens is 244 g/mol. The van der Waals surface area contributed by atoms with Gasteiger partial charge in [0.1, 0.15) is 12.2 Å². The number of nitrogens with one attached hydrogen (secondary N) is 1.